The summed E-state index contributed by atoms with van der Waals surface area (Å²) in [5, 5.41) is 33.4. The number of ketones is 2. The van der Waals surface area contributed by atoms with Crippen molar-refractivity contribution in [1.82, 2.24) is 5.32 Å². The van der Waals surface area contributed by atoms with E-state index in [9.17, 15) is 34.5 Å². The third kappa shape index (κ3) is 5.36. The molecule has 42 heavy (non-hydrogen) atoms. The van der Waals surface area contributed by atoms with E-state index < -0.39 is 29.4 Å². The lowest BCUT2D eigenvalue weighted by Crippen LogP contribution is -2.58. The van der Waals surface area contributed by atoms with Gasteiger partial charge in [-0.1, -0.05) is 25.5 Å². The number of amides is 1. The van der Waals surface area contributed by atoms with Gasteiger partial charge in [-0.3, -0.25) is 19.2 Å². The van der Waals surface area contributed by atoms with Gasteiger partial charge in [0.25, 0.3) is 0 Å². The van der Waals surface area contributed by atoms with Crippen molar-refractivity contribution >= 4 is 23.4 Å². The van der Waals surface area contributed by atoms with Crippen LogP contribution >= 0.6 is 0 Å². The number of aromatic hydroxyl groups is 2. The summed E-state index contributed by atoms with van der Waals surface area (Å²) in [4.78, 5) is 50.0. The lowest BCUT2D eigenvalue weighted by atomic mass is 9.46. The minimum absolute atomic E-state index is 0.0131. The summed E-state index contributed by atoms with van der Waals surface area (Å²) in [5.41, 5.74) is -0.107. The van der Waals surface area contributed by atoms with Gasteiger partial charge in [-0.25, -0.2) is 0 Å². The maximum Gasteiger partial charge on any atom is 0.306 e. The molecule has 0 saturated heterocycles. The van der Waals surface area contributed by atoms with Crippen LogP contribution in [-0.4, -0.2) is 57.5 Å². The van der Waals surface area contributed by atoms with Gasteiger partial charge in [0.05, 0.1) is 6.42 Å². The summed E-state index contributed by atoms with van der Waals surface area (Å²) in [5.74, 6) is -0.657. The molecule has 0 aromatic heterocycles. The zero-order valence-electron chi connectivity index (χ0n) is 24.6. The number of hydrogen-bond donors (Lipinski definition) is 4. The third-order valence-corrected chi connectivity index (χ3v) is 11.3. The van der Waals surface area contributed by atoms with Crippen LogP contribution in [0.1, 0.15) is 83.6 Å². The lowest BCUT2D eigenvalue weighted by molar-refractivity contribution is -0.170. The van der Waals surface area contributed by atoms with Gasteiger partial charge in [0.1, 0.15) is 5.60 Å². The molecule has 0 spiro atoms. The zero-order valence-corrected chi connectivity index (χ0v) is 24.6. The van der Waals surface area contributed by atoms with Crippen molar-refractivity contribution in [2.24, 2.45) is 28.6 Å². The summed E-state index contributed by atoms with van der Waals surface area (Å²) in [7, 11) is 0. The van der Waals surface area contributed by atoms with Gasteiger partial charge in [0.15, 0.2) is 23.9 Å². The van der Waals surface area contributed by atoms with Gasteiger partial charge in [-0.2, -0.15) is 0 Å². The number of Topliss-reactive ketones (excluding diaryl/α,β-unsaturated/α-hetero) is 1. The maximum atomic E-state index is 13.4. The largest absolute Gasteiger partial charge is 0.504 e. The number of phenols is 2. The molecule has 3 fully saturated rings. The van der Waals surface area contributed by atoms with Crippen molar-refractivity contribution in [3.8, 4) is 11.5 Å². The number of carbonyl (C=O) groups is 4. The lowest BCUT2D eigenvalue weighted by Gasteiger charge is -2.58. The number of phenolic OH excluding ortho intramolecular Hbond substituents is 2. The third-order valence-electron chi connectivity index (χ3n) is 11.3. The van der Waals surface area contributed by atoms with E-state index >= 15 is 0 Å². The SMILES string of the molecule is C[C@]12CCC(=O)C=C1CC[C@@H]1[C@H]2CC[C@@]2(C)[C@@H]1CC[C@]2(O)C(=O)COC(=O)CCC(=O)NCCc1ccc(O)c(O)c1. The van der Waals surface area contributed by atoms with Gasteiger partial charge >= 0.3 is 5.97 Å². The second-order valence-corrected chi connectivity index (χ2v) is 13.3. The van der Waals surface area contributed by atoms with Crippen LogP contribution in [0.2, 0.25) is 0 Å². The Hall–Kier alpha value is -3.20. The number of ether oxygens (including phenoxy) is 1. The Morgan fingerprint density at radius 2 is 1.74 bits per heavy atom. The molecule has 1 amide bonds. The fraction of sp³-hybridized carbons (Fsp3) is 0.636. The fourth-order valence-electron chi connectivity index (χ4n) is 8.75. The Labute approximate surface area is 246 Å². The van der Waals surface area contributed by atoms with Crippen molar-refractivity contribution in [2.45, 2.75) is 90.1 Å². The molecule has 9 heteroatoms. The standard InChI is InChI=1S/C33H43NO8/c1-31-13-9-22(35)18-21(31)4-5-23-24(31)10-14-32(2)25(23)11-15-33(32,41)28(38)19-42-30(40)8-7-29(39)34-16-12-20-3-6-26(36)27(37)17-20/h3,6,17-18,23-25,36-37,41H,4-5,7-16,19H2,1-2H3,(H,34,39)/t23-,24-,25-,31+,32+,33+/m1/s1. The average molecular weight is 582 g/mol. The number of esters is 1. The molecule has 4 aliphatic rings. The van der Waals surface area contributed by atoms with Crippen molar-refractivity contribution in [3.63, 3.8) is 0 Å². The first kappa shape index (κ1) is 30.3. The highest BCUT2D eigenvalue weighted by Gasteiger charge is 2.66. The minimum Gasteiger partial charge on any atom is -0.504 e. The number of aliphatic hydroxyl groups is 1. The highest BCUT2D eigenvalue weighted by molar-refractivity contribution is 5.92. The Morgan fingerprint density at radius 3 is 2.50 bits per heavy atom. The van der Waals surface area contributed by atoms with Crippen LogP contribution in [0.5, 0.6) is 11.5 Å². The summed E-state index contributed by atoms with van der Waals surface area (Å²) in [6.07, 6.45) is 8.10. The smallest absolute Gasteiger partial charge is 0.306 e. The van der Waals surface area contributed by atoms with E-state index in [4.69, 9.17) is 4.74 Å². The van der Waals surface area contributed by atoms with Crippen LogP contribution in [0.15, 0.2) is 29.8 Å². The first-order valence-electron chi connectivity index (χ1n) is 15.3. The van der Waals surface area contributed by atoms with Gasteiger partial charge in [0, 0.05) is 24.8 Å². The second-order valence-electron chi connectivity index (χ2n) is 13.3. The van der Waals surface area contributed by atoms with E-state index in [1.165, 1.54) is 17.7 Å². The number of nitrogens with one attached hydrogen (secondary N) is 1. The van der Waals surface area contributed by atoms with Crippen molar-refractivity contribution in [2.75, 3.05) is 13.2 Å². The number of fused-ring (bicyclic) bond motifs is 5. The monoisotopic (exact) mass is 581 g/mol. The summed E-state index contributed by atoms with van der Waals surface area (Å²) >= 11 is 0. The van der Waals surface area contributed by atoms with E-state index in [2.05, 4.69) is 12.2 Å². The molecule has 0 bridgehead atoms. The molecule has 0 aliphatic heterocycles. The number of carbonyl (C=O) groups excluding carboxylic acids is 4. The van der Waals surface area contributed by atoms with Gasteiger partial charge in [-0.15, -0.1) is 0 Å². The number of hydrogen-bond acceptors (Lipinski definition) is 8. The predicted molar refractivity (Wildman–Crippen MR) is 153 cm³/mol. The molecule has 6 atom stereocenters. The Bertz CT molecular complexity index is 1300. The Kier molecular flexibility index (Phi) is 8.27. The zero-order chi connectivity index (χ0) is 30.3. The predicted octanol–water partition coefficient (Wildman–Crippen LogP) is 3.91. The summed E-state index contributed by atoms with van der Waals surface area (Å²) in [6.45, 7) is 4.12. The van der Waals surface area contributed by atoms with E-state index in [0.717, 1.165) is 44.1 Å². The van der Waals surface area contributed by atoms with E-state index in [0.29, 0.717) is 37.6 Å². The quantitative estimate of drug-likeness (QED) is 0.253. The molecule has 3 saturated carbocycles. The molecule has 4 aliphatic carbocycles. The van der Waals surface area contributed by atoms with Crippen LogP contribution in [0.4, 0.5) is 0 Å². The van der Waals surface area contributed by atoms with E-state index in [-0.39, 0.29) is 47.4 Å². The first-order chi connectivity index (χ1) is 19.9. The summed E-state index contributed by atoms with van der Waals surface area (Å²) in [6, 6.07) is 4.44. The second kappa shape index (κ2) is 11.5. The fourth-order valence-corrected chi connectivity index (χ4v) is 8.75. The van der Waals surface area contributed by atoms with Crippen LogP contribution in [0.3, 0.4) is 0 Å². The molecule has 0 unspecified atom stereocenters. The molecule has 0 radical (unpaired) electrons. The average Bonchev–Trinajstić information content (AvgIpc) is 3.24. The number of benzene rings is 1. The highest BCUT2D eigenvalue weighted by atomic mass is 16.5. The Balaban J connectivity index is 1.10. The first-order valence-corrected chi connectivity index (χ1v) is 15.3. The normalized spacial score (nSPS) is 33.5. The molecular weight excluding hydrogens is 538 g/mol. The van der Waals surface area contributed by atoms with Crippen LogP contribution in [0, 0.1) is 28.6 Å². The molecule has 228 valence electrons. The molecule has 1 aromatic carbocycles. The van der Waals surface area contributed by atoms with Gasteiger partial charge < -0.3 is 25.4 Å². The topological polar surface area (TPSA) is 150 Å². The highest BCUT2D eigenvalue weighted by Crippen LogP contribution is 2.67. The molecular formula is C33H43NO8. The van der Waals surface area contributed by atoms with E-state index in [1.807, 2.05) is 13.0 Å². The minimum atomic E-state index is -1.55. The molecule has 1 aromatic rings. The summed E-state index contributed by atoms with van der Waals surface area (Å²) < 4.78 is 5.24. The van der Waals surface area contributed by atoms with Crippen molar-refractivity contribution in [3.05, 3.63) is 35.4 Å². The van der Waals surface area contributed by atoms with Gasteiger partial charge in [-0.05, 0) is 98.3 Å². The Morgan fingerprint density at radius 1 is 0.976 bits per heavy atom. The van der Waals surface area contributed by atoms with Crippen LogP contribution in [0.25, 0.3) is 0 Å². The number of allylic oxidation sites excluding steroid dienone is 1. The number of rotatable bonds is 9. The van der Waals surface area contributed by atoms with Crippen molar-refractivity contribution < 1.29 is 39.2 Å². The molecule has 9 nitrogen and oxygen atoms in total. The maximum absolute atomic E-state index is 13.4. The van der Waals surface area contributed by atoms with Crippen LogP contribution < -0.4 is 5.32 Å². The molecule has 0 heterocycles. The van der Waals surface area contributed by atoms with E-state index in [1.54, 1.807) is 6.07 Å². The van der Waals surface area contributed by atoms with Crippen LogP contribution in [-0.2, 0) is 30.3 Å². The van der Waals surface area contributed by atoms with Crippen molar-refractivity contribution in [1.29, 1.82) is 0 Å². The molecule has 4 N–H and O–H groups in total. The van der Waals surface area contributed by atoms with Gasteiger partial charge in [0.2, 0.25) is 11.7 Å². The molecule has 5 rings (SSSR count).